The van der Waals surface area contributed by atoms with Crippen LogP contribution in [-0.2, 0) is 20.7 Å². The Morgan fingerprint density at radius 3 is 2.41 bits per heavy atom. The number of carbonyl (C=O) groups excluding carboxylic acids is 2. The second kappa shape index (κ2) is 17.5. The van der Waals surface area contributed by atoms with Gasteiger partial charge in [0.2, 0.25) is 0 Å². The number of carbonyl (C=O) groups is 2. The van der Waals surface area contributed by atoms with Gasteiger partial charge in [-0.15, -0.1) is 0 Å². The minimum absolute atomic E-state index is 0.0423. The van der Waals surface area contributed by atoms with E-state index in [4.69, 9.17) is 9.47 Å². The van der Waals surface area contributed by atoms with Gasteiger partial charge in [-0.2, -0.15) is 0 Å². The van der Waals surface area contributed by atoms with Crippen molar-refractivity contribution in [2.24, 2.45) is 17.3 Å². The Hall–Kier alpha value is -2.14. The first-order valence-corrected chi connectivity index (χ1v) is 18.5. The number of benzene rings is 1. The maximum absolute atomic E-state index is 12.7. The lowest BCUT2D eigenvalue weighted by Gasteiger charge is -2.50. The van der Waals surface area contributed by atoms with E-state index in [9.17, 15) is 9.59 Å². The lowest BCUT2D eigenvalue weighted by molar-refractivity contribution is -0.154. The largest absolute Gasteiger partial charge is 0.461 e. The van der Waals surface area contributed by atoms with Crippen LogP contribution in [0.4, 0.5) is 0 Å². The highest BCUT2D eigenvalue weighted by Gasteiger charge is 2.56. The molecule has 1 aromatic rings. The van der Waals surface area contributed by atoms with Crippen LogP contribution in [0, 0.1) is 24.2 Å². The average Bonchev–Trinajstić information content (AvgIpc) is 3.34. The number of ether oxygens (including phenoxy) is 2. The van der Waals surface area contributed by atoms with Gasteiger partial charge in [-0.3, -0.25) is 9.59 Å². The summed E-state index contributed by atoms with van der Waals surface area (Å²) < 4.78 is 11.8. The van der Waals surface area contributed by atoms with Crippen LogP contribution in [-0.4, -0.2) is 23.4 Å². The highest BCUT2D eigenvalue weighted by Crippen LogP contribution is 2.62. The molecule has 5 heteroatoms. The average molecular weight is 668 g/mol. The molecule has 0 bridgehead atoms. The summed E-state index contributed by atoms with van der Waals surface area (Å²) in [5.74, 6) is 2.26. The molecule has 44 heavy (non-hydrogen) atoms. The van der Waals surface area contributed by atoms with Gasteiger partial charge in [0.15, 0.2) is 0 Å². The molecule has 0 radical (unpaired) electrons. The summed E-state index contributed by atoms with van der Waals surface area (Å²) in [5, 5.41) is 0.268. The number of allylic oxidation sites excluding steroid dienone is 6. The number of rotatable bonds is 16. The van der Waals surface area contributed by atoms with E-state index in [0.717, 1.165) is 77.0 Å². The van der Waals surface area contributed by atoms with Gasteiger partial charge >= 0.3 is 11.9 Å². The first-order valence-electron chi connectivity index (χ1n) is 17.4. The first-order chi connectivity index (χ1) is 21.4. The summed E-state index contributed by atoms with van der Waals surface area (Å²) >= 11 is 3.26. The third-order valence-corrected chi connectivity index (χ3v) is 11.0. The van der Waals surface area contributed by atoms with Gasteiger partial charge in [0.05, 0.1) is 0 Å². The minimum Gasteiger partial charge on any atom is -0.461 e. The fraction of sp³-hybridized carbons (Fsp3) is 0.641. The first kappa shape index (κ1) is 34.7. The molecule has 0 unspecified atom stereocenters. The van der Waals surface area contributed by atoms with E-state index in [2.05, 4.69) is 85.3 Å². The zero-order valence-electron chi connectivity index (χ0n) is 27.5. The van der Waals surface area contributed by atoms with Crippen LogP contribution in [0.1, 0.15) is 133 Å². The lowest BCUT2D eigenvalue weighted by atomic mass is 9.55. The van der Waals surface area contributed by atoms with Crippen LogP contribution < -0.4 is 4.74 Å². The van der Waals surface area contributed by atoms with Crippen LogP contribution >= 0.6 is 15.9 Å². The summed E-state index contributed by atoms with van der Waals surface area (Å²) in [6, 6.07) is 4.24. The Morgan fingerprint density at radius 1 is 0.909 bits per heavy atom. The van der Waals surface area contributed by atoms with Crippen molar-refractivity contribution in [2.45, 2.75) is 136 Å². The van der Waals surface area contributed by atoms with Crippen molar-refractivity contribution in [1.82, 2.24) is 0 Å². The molecule has 0 heterocycles. The predicted molar refractivity (Wildman–Crippen MR) is 184 cm³/mol. The SMILES string of the molecule is CC/C=C\C/C=C\C/C=C\CCCCCCCC(=O)Oc1cc(C)c2c(c1)CC[C@@H]1[C@@H]2CC[C@]2(C)[C@@H](OC(=O)CBr)CC[C@@H]12. The quantitative estimate of drug-likeness (QED) is 0.0579. The fourth-order valence-corrected chi connectivity index (χ4v) is 8.54. The molecule has 1 aromatic carbocycles. The summed E-state index contributed by atoms with van der Waals surface area (Å²) in [6.45, 7) is 6.72. The molecule has 3 aliphatic rings. The molecule has 0 N–H and O–H groups in total. The number of aryl methyl sites for hydroxylation is 2. The molecule has 2 saturated carbocycles. The standard InChI is InChI=1S/C39H55BrO4/c1-4-5-6-7-8-9-10-11-12-13-14-15-16-17-18-19-36(41)43-31-26-29(2)38-30(27-31)20-21-32-33(38)24-25-39(3)34(32)22-23-35(39)44-37(42)28-40/h5-6,8-9,11-12,26-27,32-35H,4,7,10,13-25,28H2,1-3H3/b6-5-,9-8-,12-11-/t32-,33+,34+,35+,39+/m1/s1. The second-order valence-corrected chi connectivity index (χ2v) is 14.1. The summed E-state index contributed by atoms with van der Waals surface area (Å²) in [6.07, 6.45) is 30.4. The van der Waals surface area contributed by atoms with E-state index in [1.165, 1.54) is 36.0 Å². The van der Waals surface area contributed by atoms with Crippen molar-refractivity contribution in [3.8, 4) is 5.75 Å². The van der Waals surface area contributed by atoms with Crippen molar-refractivity contribution >= 4 is 27.9 Å². The number of halogens is 1. The highest BCUT2D eigenvalue weighted by atomic mass is 79.9. The Balaban J connectivity index is 1.16. The highest BCUT2D eigenvalue weighted by molar-refractivity contribution is 9.09. The van der Waals surface area contributed by atoms with Gasteiger partial charge in [-0.1, -0.05) is 85.5 Å². The molecule has 0 saturated heterocycles. The van der Waals surface area contributed by atoms with Crippen molar-refractivity contribution in [2.75, 3.05) is 5.33 Å². The Morgan fingerprint density at radius 2 is 1.64 bits per heavy atom. The molecule has 0 spiro atoms. The number of unbranched alkanes of at least 4 members (excludes halogenated alkanes) is 5. The van der Waals surface area contributed by atoms with Crippen molar-refractivity contribution in [3.63, 3.8) is 0 Å². The van der Waals surface area contributed by atoms with Crippen LogP contribution in [0.2, 0.25) is 0 Å². The van der Waals surface area contributed by atoms with E-state index < -0.39 is 0 Å². The van der Waals surface area contributed by atoms with E-state index in [-0.39, 0.29) is 28.8 Å². The summed E-state index contributed by atoms with van der Waals surface area (Å²) in [7, 11) is 0. The smallest absolute Gasteiger partial charge is 0.316 e. The summed E-state index contributed by atoms with van der Waals surface area (Å²) in [4.78, 5) is 24.7. The van der Waals surface area contributed by atoms with Gasteiger partial charge in [-0.25, -0.2) is 0 Å². The number of hydrogen-bond acceptors (Lipinski definition) is 4. The molecule has 4 nitrogen and oxygen atoms in total. The zero-order valence-corrected chi connectivity index (χ0v) is 29.0. The van der Waals surface area contributed by atoms with Gasteiger partial charge in [0.1, 0.15) is 17.2 Å². The molecule has 242 valence electrons. The molecule has 4 rings (SSSR count). The van der Waals surface area contributed by atoms with Crippen molar-refractivity contribution in [1.29, 1.82) is 0 Å². The van der Waals surface area contributed by atoms with Crippen LogP contribution in [0.25, 0.3) is 0 Å². The molecule has 0 aromatic heterocycles. The molecule has 2 fully saturated rings. The van der Waals surface area contributed by atoms with Gasteiger partial charge in [0.25, 0.3) is 0 Å². The van der Waals surface area contributed by atoms with Gasteiger partial charge < -0.3 is 9.47 Å². The number of alkyl halides is 1. The number of esters is 2. The Kier molecular flexibility index (Phi) is 13.8. The van der Waals surface area contributed by atoms with Crippen LogP contribution in [0.15, 0.2) is 48.6 Å². The molecular formula is C39H55BrO4. The topological polar surface area (TPSA) is 52.6 Å². The Bertz CT molecular complexity index is 1180. The third kappa shape index (κ3) is 9.21. The van der Waals surface area contributed by atoms with Crippen LogP contribution in [0.5, 0.6) is 5.75 Å². The van der Waals surface area contributed by atoms with Gasteiger partial charge in [0, 0.05) is 11.8 Å². The van der Waals surface area contributed by atoms with E-state index in [1.54, 1.807) is 0 Å². The lowest BCUT2D eigenvalue weighted by Crippen LogP contribution is -2.45. The third-order valence-electron chi connectivity index (χ3n) is 10.6. The van der Waals surface area contributed by atoms with Crippen molar-refractivity contribution in [3.05, 3.63) is 65.3 Å². The van der Waals surface area contributed by atoms with Crippen LogP contribution in [0.3, 0.4) is 0 Å². The number of fused-ring (bicyclic) bond motifs is 5. The molecule has 0 aliphatic heterocycles. The van der Waals surface area contributed by atoms with E-state index in [1.807, 2.05) is 0 Å². The van der Waals surface area contributed by atoms with Gasteiger partial charge in [-0.05, 0) is 131 Å². The maximum Gasteiger partial charge on any atom is 0.316 e. The molecule has 3 aliphatic carbocycles. The number of hydrogen-bond donors (Lipinski definition) is 0. The Labute approximate surface area is 275 Å². The monoisotopic (exact) mass is 666 g/mol. The fourth-order valence-electron chi connectivity index (χ4n) is 8.41. The maximum atomic E-state index is 12.7. The molecule has 5 atom stereocenters. The predicted octanol–water partition coefficient (Wildman–Crippen LogP) is 10.7. The van der Waals surface area contributed by atoms with E-state index >= 15 is 0 Å². The second-order valence-electron chi connectivity index (χ2n) is 13.5. The molecular weight excluding hydrogens is 612 g/mol. The summed E-state index contributed by atoms with van der Waals surface area (Å²) in [5.41, 5.74) is 4.21. The van der Waals surface area contributed by atoms with E-state index in [0.29, 0.717) is 29.9 Å². The molecule has 0 amide bonds. The normalized spacial score (nSPS) is 26.2. The van der Waals surface area contributed by atoms with Crippen molar-refractivity contribution < 1.29 is 19.1 Å². The zero-order chi connectivity index (χ0) is 31.4. The minimum atomic E-state index is -0.139.